The first-order valence-corrected chi connectivity index (χ1v) is 4.40. The van der Waals surface area contributed by atoms with Crippen molar-refractivity contribution in [3.05, 3.63) is 35.9 Å². The molecule has 0 saturated heterocycles. The van der Waals surface area contributed by atoms with Gasteiger partial charge in [-0.05, 0) is 12.0 Å². The number of rotatable bonds is 4. The summed E-state index contributed by atoms with van der Waals surface area (Å²) in [6.45, 7) is -0.124. The minimum Gasteiger partial charge on any atom is -0.449 e. The predicted octanol–water partition coefficient (Wildman–Crippen LogP) is 0.0158. The van der Waals surface area contributed by atoms with Gasteiger partial charge in [-0.2, -0.15) is 0 Å². The molecule has 0 aliphatic carbocycles. The van der Waals surface area contributed by atoms with Gasteiger partial charge in [0.25, 0.3) is 0 Å². The lowest BCUT2D eigenvalue weighted by atomic mass is 10.1. The Balaban J connectivity index is 2.49. The number of carbonyl (C=O) groups excluding carboxylic acids is 1. The molecule has 0 saturated carbocycles. The van der Waals surface area contributed by atoms with Crippen molar-refractivity contribution in [3.63, 3.8) is 0 Å². The molecule has 1 aromatic rings. The highest BCUT2D eigenvalue weighted by atomic mass is 16.5. The Hall–Kier alpha value is -1.39. The molecular formula is C10H14N2O2. The largest absolute Gasteiger partial charge is 0.449 e. The van der Waals surface area contributed by atoms with Crippen molar-refractivity contribution in [1.29, 1.82) is 0 Å². The van der Waals surface area contributed by atoms with Crippen LogP contribution in [-0.2, 0) is 16.0 Å². The number of carbonyl (C=O) groups is 1. The predicted molar refractivity (Wildman–Crippen MR) is 53.3 cm³/mol. The molecule has 1 atom stereocenters. The molecule has 0 aromatic heterocycles. The summed E-state index contributed by atoms with van der Waals surface area (Å²) in [5.41, 5.74) is 11.7. The molecule has 1 aromatic carbocycles. The summed E-state index contributed by atoms with van der Waals surface area (Å²) in [5.74, 6) is -0.462. The van der Waals surface area contributed by atoms with E-state index in [9.17, 15) is 4.79 Å². The van der Waals surface area contributed by atoms with E-state index in [1.165, 1.54) is 0 Å². The zero-order valence-corrected chi connectivity index (χ0v) is 7.85. The number of ether oxygens (including phenoxy) is 1. The van der Waals surface area contributed by atoms with Crippen LogP contribution >= 0.6 is 0 Å². The van der Waals surface area contributed by atoms with Gasteiger partial charge in [0, 0.05) is 0 Å². The van der Waals surface area contributed by atoms with E-state index < -0.39 is 12.0 Å². The Bertz CT molecular complexity index is 287. The molecule has 1 rings (SSSR count). The second-order valence-electron chi connectivity index (χ2n) is 2.93. The lowest BCUT2D eigenvalue weighted by Gasteiger charge is -2.09. The third kappa shape index (κ3) is 3.16. The molecule has 0 aliphatic heterocycles. The second kappa shape index (κ2) is 5.36. The maximum absolute atomic E-state index is 11.1. The molecule has 0 heterocycles. The summed E-state index contributed by atoms with van der Waals surface area (Å²) >= 11 is 0. The van der Waals surface area contributed by atoms with Gasteiger partial charge in [-0.3, -0.25) is 10.5 Å². The zero-order valence-electron chi connectivity index (χ0n) is 7.85. The third-order valence-electron chi connectivity index (χ3n) is 1.83. The summed E-state index contributed by atoms with van der Waals surface area (Å²) < 4.78 is 4.59. The summed E-state index contributed by atoms with van der Waals surface area (Å²) in [4.78, 5) is 11.1. The molecule has 0 aliphatic rings. The highest BCUT2D eigenvalue weighted by molar-refractivity contribution is 5.75. The Morgan fingerprint density at radius 2 is 2.00 bits per heavy atom. The number of nitrogens with two attached hydrogens (primary N) is 2. The van der Waals surface area contributed by atoms with Crippen molar-refractivity contribution in [2.45, 2.75) is 12.5 Å². The summed E-state index contributed by atoms with van der Waals surface area (Å²) in [6, 6.07) is 8.89. The topological polar surface area (TPSA) is 78.3 Å². The molecule has 4 nitrogen and oxygen atoms in total. The fraction of sp³-hybridized carbons (Fsp3) is 0.300. The van der Waals surface area contributed by atoms with Crippen LogP contribution in [0.5, 0.6) is 0 Å². The van der Waals surface area contributed by atoms with E-state index in [1.807, 2.05) is 30.3 Å². The maximum Gasteiger partial charge on any atom is 0.324 e. The molecular weight excluding hydrogens is 180 g/mol. The smallest absolute Gasteiger partial charge is 0.324 e. The molecule has 0 fully saturated rings. The standard InChI is InChI=1S/C10H14N2O2/c11-7-14-10(13)9(12)6-8-4-2-1-3-5-8/h1-5,9H,6-7,11-12H2/t9-/m0/s1. The van der Waals surface area contributed by atoms with Crippen LogP contribution in [0.25, 0.3) is 0 Å². The number of benzene rings is 1. The highest BCUT2D eigenvalue weighted by Gasteiger charge is 2.14. The van der Waals surface area contributed by atoms with Crippen LogP contribution in [0.2, 0.25) is 0 Å². The second-order valence-corrected chi connectivity index (χ2v) is 2.93. The lowest BCUT2D eigenvalue weighted by molar-refractivity contribution is -0.144. The molecule has 4 N–H and O–H groups in total. The Kier molecular flexibility index (Phi) is 4.10. The Labute approximate surface area is 82.8 Å². The molecule has 0 spiro atoms. The Morgan fingerprint density at radius 1 is 1.36 bits per heavy atom. The van der Waals surface area contributed by atoms with E-state index in [2.05, 4.69) is 4.74 Å². The zero-order chi connectivity index (χ0) is 10.4. The lowest BCUT2D eigenvalue weighted by Crippen LogP contribution is -2.35. The first-order valence-electron chi connectivity index (χ1n) is 4.40. The van der Waals surface area contributed by atoms with Crippen molar-refractivity contribution in [2.24, 2.45) is 11.5 Å². The SMILES string of the molecule is NCOC(=O)[C@@H](N)Cc1ccccc1. The normalized spacial score (nSPS) is 12.1. The van der Waals surface area contributed by atoms with Crippen LogP contribution in [0.4, 0.5) is 0 Å². The molecule has 0 radical (unpaired) electrons. The van der Waals surface area contributed by atoms with Gasteiger partial charge in [0.05, 0.1) is 0 Å². The van der Waals surface area contributed by atoms with Crippen LogP contribution in [0.15, 0.2) is 30.3 Å². The van der Waals surface area contributed by atoms with Crippen molar-refractivity contribution >= 4 is 5.97 Å². The maximum atomic E-state index is 11.1. The molecule has 4 heteroatoms. The summed E-state index contributed by atoms with van der Waals surface area (Å²) in [6.07, 6.45) is 0.472. The minimum atomic E-state index is -0.638. The van der Waals surface area contributed by atoms with E-state index in [4.69, 9.17) is 11.5 Å². The fourth-order valence-corrected chi connectivity index (χ4v) is 1.14. The Morgan fingerprint density at radius 3 is 2.57 bits per heavy atom. The van der Waals surface area contributed by atoms with Crippen molar-refractivity contribution in [1.82, 2.24) is 0 Å². The highest BCUT2D eigenvalue weighted by Crippen LogP contribution is 2.02. The number of hydrogen-bond acceptors (Lipinski definition) is 4. The average molecular weight is 194 g/mol. The summed E-state index contributed by atoms with van der Waals surface area (Å²) in [5, 5.41) is 0. The monoisotopic (exact) mass is 194 g/mol. The van der Waals surface area contributed by atoms with E-state index in [0.29, 0.717) is 6.42 Å². The van der Waals surface area contributed by atoms with Gasteiger partial charge >= 0.3 is 5.97 Å². The first kappa shape index (κ1) is 10.7. The molecule has 14 heavy (non-hydrogen) atoms. The summed E-state index contributed by atoms with van der Waals surface area (Å²) in [7, 11) is 0. The van der Waals surface area contributed by atoms with Crippen LogP contribution in [-0.4, -0.2) is 18.7 Å². The third-order valence-corrected chi connectivity index (χ3v) is 1.83. The van der Waals surface area contributed by atoms with Crippen molar-refractivity contribution < 1.29 is 9.53 Å². The minimum absolute atomic E-state index is 0.124. The molecule has 0 bridgehead atoms. The van der Waals surface area contributed by atoms with E-state index >= 15 is 0 Å². The van der Waals surface area contributed by atoms with Gasteiger partial charge in [0.1, 0.15) is 12.8 Å². The van der Waals surface area contributed by atoms with Crippen molar-refractivity contribution in [2.75, 3.05) is 6.73 Å². The van der Waals surface area contributed by atoms with Crippen LogP contribution < -0.4 is 11.5 Å². The molecule has 0 unspecified atom stereocenters. The van der Waals surface area contributed by atoms with E-state index in [0.717, 1.165) is 5.56 Å². The van der Waals surface area contributed by atoms with Gasteiger partial charge in [-0.1, -0.05) is 30.3 Å². The van der Waals surface area contributed by atoms with Crippen LogP contribution in [0.3, 0.4) is 0 Å². The molecule has 0 amide bonds. The van der Waals surface area contributed by atoms with E-state index in [1.54, 1.807) is 0 Å². The number of esters is 1. The molecule has 76 valence electrons. The van der Waals surface area contributed by atoms with Crippen LogP contribution in [0.1, 0.15) is 5.56 Å². The van der Waals surface area contributed by atoms with Gasteiger partial charge in [-0.25, -0.2) is 0 Å². The fourth-order valence-electron chi connectivity index (χ4n) is 1.14. The van der Waals surface area contributed by atoms with Crippen molar-refractivity contribution in [3.8, 4) is 0 Å². The average Bonchev–Trinajstić information content (AvgIpc) is 2.19. The van der Waals surface area contributed by atoms with Gasteiger partial charge < -0.3 is 10.5 Å². The first-order chi connectivity index (χ1) is 6.74. The number of hydrogen-bond donors (Lipinski definition) is 2. The van der Waals surface area contributed by atoms with Gasteiger partial charge in [0.15, 0.2) is 0 Å². The van der Waals surface area contributed by atoms with Crippen LogP contribution in [0, 0.1) is 0 Å². The van der Waals surface area contributed by atoms with Gasteiger partial charge in [-0.15, -0.1) is 0 Å². The van der Waals surface area contributed by atoms with E-state index in [-0.39, 0.29) is 6.73 Å². The van der Waals surface area contributed by atoms with Gasteiger partial charge in [0.2, 0.25) is 0 Å². The quantitative estimate of drug-likeness (QED) is 0.523.